The second kappa shape index (κ2) is 4.74. The third-order valence-electron chi connectivity index (χ3n) is 1.78. The van der Waals surface area contributed by atoms with Gasteiger partial charge in [0.15, 0.2) is 0 Å². The Hall–Kier alpha value is -1.06. The van der Waals surface area contributed by atoms with E-state index in [2.05, 4.69) is 4.74 Å². The minimum absolute atomic E-state index is 0.267. The summed E-state index contributed by atoms with van der Waals surface area (Å²) in [7, 11) is 0. The van der Waals surface area contributed by atoms with Gasteiger partial charge in [0.1, 0.15) is 0 Å². The van der Waals surface area contributed by atoms with E-state index in [1.54, 1.807) is 6.92 Å². The minimum Gasteiger partial charge on any atom is -0.550 e. The monoisotopic (exact) mass is 173 g/mol. The second-order valence-electron chi connectivity index (χ2n) is 2.65. The smallest absolute Gasteiger partial charge is 0.309 e. The van der Waals surface area contributed by atoms with Crippen LogP contribution < -0.4 is 5.11 Å². The minimum atomic E-state index is -1.23. The average Bonchev–Trinajstić information content (AvgIpc) is 2.02. The molecule has 70 valence electrons. The Morgan fingerprint density at radius 1 is 1.33 bits per heavy atom. The molecule has 0 aromatic rings. The van der Waals surface area contributed by atoms with E-state index in [9.17, 15) is 14.7 Å². The summed E-state index contributed by atoms with van der Waals surface area (Å²) < 4.78 is 4.64. The molecule has 0 spiro atoms. The van der Waals surface area contributed by atoms with E-state index in [1.165, 1.54) is 13.8 Å². The van der Waals surface area contributed by atoms with Crippen molar-refractivity contribution in [1.29, 1.82) is 0 Å². The molecule has 12 heavy (non-hydrogen) atoms. The molecule has 0 fully saturated rings. The van der Waals surface area contributed by atoms with E-state index < -0.39 is 23.8 Å². The Morgan fingerprint density at radius 3 is 2.17 bits per heavy atom. The van der Waals surface area contributed by atoms with Gasteiger partial charge in [-0.15, -0.1) is 0 Å². The van der Waals surface area contributed by atoms with Gasteiger partial charge in [-0.2, -0.15) is 0 Å². The molecule has 0 aromatic carbocycles. The fourth-order valence-electron chi connectivity index (χ4n) is 0.682. The SMILES string of the molecule is CCOC(=O)C(C)C(C)C(=O)[O-]. The Bertz CT molecular complexity index is 176. The number of carboxylic acid groups (broad SMARTS) is 1. The van der Waals surface area contributed by atoms with Crippen molar-refractivity contribution in [2.24, 2.45) is 11.8 Å². The Kier molecular flexibility index (Phi) is 4.33. The molecule has 0 bridgehead atoms. The Labute approximate surface area is 71.5 Å². The van der Waals surface area contributed by atoms with E-state index in [0.29, 0.717) is 0 Å². The summed E-state index contributed by atoms with van der Waals surface area (Å²) in [6.45, 7) is 4.88. The first-order chi connectivity index (χ1) is 5.50. The largest absolute Gasteiger partial charge is 0.550 e. The van der Waals surface area contributed by atoms with Crippen molar-refractivity contribution in [2.45, 2.75) is 20.8 Å². The number of esters is 1. The first-order valence-electron chi connectivity index (χ1n) is 3.88. The molecule has 0 N–H and O–H groups in total. The lowest BCUT2D eigenvalue weighted by Gasteiger charge is -2.18. The molecule has 2 atom stereocenters. The molecule has 0 aromatic heterocycles. The second-order valence-corrected chi connectivity index (χ2v) is 2.65. The Morgan fingerprint density at radius 2 is 1.83 bits per heavy atom. The summed E-state index contributed by atoms with van der Waals surface area (Å²) in [4.78, 5) is 21.3. The van der Waals surface area contributed by atoms with E-state index in [1.807, 2.05) is 0 Å². The highest BCUT2D eigenvalue weighted by Crippen LogP contribution is 2.11. The molecule has 0 amide bonds. The Balaban J connectivity index is 4.09. The van der Waals surface area contributed by atoms with Gasteiger partial charge in [-0.05, 0) is 6.92 Å². The third kappa shape index (κ3) is 2.90. The van der Waals surface area contributed by atoms with Crippen LogP contribution in [0, 0.1) is 11.8 Å². The lowest BCUT2D eigenvalue weighted by atomic mass is 9.96. The van der Waals surface area contributed by atoms with E-state index in [-0.39, 0.29) is 6.61 Å². The topological polar surface area (TPSA) is 66.4 Å². The van der Waals surface area contributed by atoms with Crippen LogP contribution in [0.25, 0.3) is 0 Å². The van der Waals surface area contributed by atoms with Gasteiger partial charge >= 0.3 is 5.97 Å². The van der Waals surface area contributed by atoms with Crippen LogP contribution in [0.3, 0.4) is 0 Å². The van der Waals surface area contributed by atoms with Crippen LogP contribution in [0.15, 0.2) is 0 Å². The first-order valence-corrected chi connectivity index (χ1v) is 3.88. The van der Waals surface area contributed by atoms with Crippen molar-refractivity contribution in [3.8, 4) is 0 Å². The number of hydrogen-bond donors (Lipinski definition) is 0. The van der Waals surface area contributed by atoms with E-state index >= 15 is 0 Å². The predicted octanol–water partition coefficient (Wildman–Crippen LogP) is -0.428. The number of carbonyl (C=O) groups is 2. The summed E-state index contributed by atoms with van der Waals surface area (Å²) in [5, 5.41) is 10.3. The molecule has 4 heteroatoms. The maximum atomic E-state index is 11.0. The number of hydrogen-bond acceptors (Lipinski definition) is 4. The summed E-state index contributed by atoms with van der Waals surface area (Å²) in [5.41, 5.74) is 0. The van der Waals surface area contributed by atoms with Gasteiger partial charge < -0.3 is 14.6 Å². The lowest BCUT2D eigenvalue weighted by molar-refractivity contribution is -0.312. The highest BCUT2D eigenvalue weighted by Gasteiger charge is 2.21. The van der Waals surface area contributed by atoms with Crippen molar-refractivity contribution in [3.05, 3.63) is 0 Å². The van der Waals surface area contributed by atoms with Crippen molar-refractivity contribution in [1.82, 2.24) is 0 Å². The van der Waals surface area contributed by atoms with Crippen LogP contribution in [-0.4, -0.2) is 18.5 Å². The fraction of sp³-hybridized carbons (Fsp3) is 0.750. The standard InChI is InChI=1S/C8H14O4/c1-4-12-8(11)6(3)5(2)7(9)10/h5-6H,4H2,1-3H3,(H,9,10)/p-1. The van der Waals surface area contributed by atoms with Crippen LogP contribution >= 0.6 is 0 Å². The van der Waals surface area contributed by atoms with Crippen LogP contribution in [-0.2, 0) is 14.3 Å². The summed E-state index contributed by atoms with van der Waals surface area (Å²) in [6.07, 6.45) is 0. The molecule has 0 heterocycles. The van der Waals surface area contributed by atoms with Crippen molar-refractivity contribution < 1.29 is 19.4 Å². The quantitative estimate of drug-likeness (QED) is 0.541. The van der Waals surface area contributed by atoms with Crippen LogP contribution in [0.5, 0.6) is 0 Å². The van der Waals surface area contributed by atoms with Crippen LogP contribution in [0.2, 0.25) is 0 Å². The van der Waals surface area contributed by atoms with Gasteiger partial charge in [0.05, 0.1) is 12.5 Å². The number of aliphatic carboxylic acids is 1. The highest BCUT2D eigenvalue weighted by molar-refractivity contribution is 5.79. The molecule has 2 unspecified atom stereocenters. The number of carboxylic acids is 1. The van der Waals surface area contributed by atoms with Gasteiger partial charge in [0, 0.05) is 11.9 Å². The molecule has 0 rings (SSSR count). The maximum absolute atomic E-state index is 11.0. The molecule has 4 nitrogen and oxygen atoms in total. The van der Waals surface area contributed by atoms with Crippen molar-refractivity contribution in [2.75, 3.05) is 6.61 Å². The number of ether oxygens (including phenoxy) is 1. The zero-order valence-electron chi connectivity index (χ0n) is 7.49. The molecular formula is C8H13O4-. The lowest BCUT2D eigenvalue weighted by Crippen LogP contribution is -2.36. The number of carbonyl (C=O) groups excluding carboxylic acids is 2. The molecule has 0 saturated heterocycles. The predicted molar refractivity (Wildman–Crippen MR) is 40.0 cm³/mol. The van der Waals surface area contributed by atoms with Gasteiger partial charge in [0.2, 0.25) is 0 Å². The van der Waals surface area contributed by atoms with Gasteiger partial charge in [-0.1, -0.05) is 13.8 Å². The molecule has 0 radical (unpaired) electrons. The van der Waals surface area contributed by atoms with Crippen molar-refractivity contribution >= 4 is 11.9 Å². The van der Waals surface area contributed by atoms with Crippen LogP contribution in [0.4, 0.5) is 0 Å². The number of rotatable bonds is 4. The summed E-state index contributed by atoms with van der Waals surface area (Å²) in [5.74, 6) is -3.16. The van der Waals surface area contributed by atoms with Crippen molar-refractivity contribution in [3.63, 3.8) is 0 Å². The first kappa shape index (κ1) is 10.9. The fourth-order valence-corrected chi connectivity index (χ4v) is 0.682. The normalized spacial score (nSPS) is 14.9. The van der Waals surface area contributed by atoms with Crippen LogP contribution in [0.1, 0.15) is 20.8 Å². The zero-order valence-corrected chi connectivity index (χ0v) is 7.49. The highest BCUT2D eigenvalue weighted by atomic mass is 16.5. The maximum Gasteiger partial charge on any atom is 0.309 e. The summed E-state index contributed by atoms with van der Waals surface area (Å²) in [6, 6.07) is 0. The average molecular weight is 173 g/mol. The van der Waals surface area contributed by atoms with Gasteiger partial charge in [-0.25, -0.2) is 0 Å². The molecular weight excluding hydrogens is 160 g/mol. The molecule has 0 aliphatic rings. The van der Waals surface area contributed by atoms with Gasteiger partial charge in [-0.3, -0.25) is 4.79 Å². The third-order valence-corrected chi connectivity index (χ3v) is 1.78. The van der Waals surface area contributed by atoms with Gasteiger partial charge in [0.25, 0.3) is 0 Å². The van der Waals surface area contributed by atoms with E-state index in [4.69, 9.17) is 0 Å². The summed E-state index contributed by atoms with van der Waals surface area (Å²) >= 11 is 0. The molecule has 0 aliphatic carbocycles. The molecule has 0 aliphatic heterocycles. The molecule has 0 saturated carbocycles. The van der Waals surface area contributed by atoms with E-state index in [0.717, 1.165) is 0 Å². The zero-order chi connectivity index (χ0) is 9.72.